The Labute approximate surface area is 110 Å². The molecule has 19 heavy (non-hydrogen) atoms. The molecule has 1 aromatic rings. The Morgan fingerprint density at radius 1 is 1.26 bits per heavy atom. The van der Waals surface area contributed by atoms with Crippen molar-refractivity contribution in [3.63, 3.8) is 0 Å². The van der Waals surface area contributed by atoms with Crippen molar-refractivity contribution in [3.8, 4) is 0 Å². The second-order valence-corrected chi connectivity index (χ2v) is 3.49. The third-order valence-corrected chi connectivity index (χ3v) is 2.19. The highest BCUT2D eigenvalue weighted by Crippen LogP contribution is 2.12. The van der Waals surface area contributed by atoms with E-state index < -0.39 is 11.9 Å². The van der Waals surface area contributed by atoms with Crippen LogP contribution in [0.3, 0.4) is 0 Å². The van der Waals surface area contributed by atoms with Gasteiger partial charge in [-0.2, -0.15) is 0 Å². The summed E-state index contributed by atoms with van der Waals surface area (Å²) in [5.74, 6) is -2.32. The first kappa shape index (κ1) is 14.4. The molecule has 6 heteroatoms. The zero-order valence-corrected chi connectivity index (χ0v) is 10.3. The largest absolute Gasteiger partial charge is 0.459 e. The molecule has 1 N–H and O–H groups in total. The van der Waals surface area contributed by atoms with E-state index in [0.717, 1.165) is 0 Å². The third kappa shape index (κ3) is 4.24. The smallest absolute Gasteiger partial charge is 0.396 e. The lowest BCUT2D eigenvalue weighted by atomic mass is 10.1. The van der Waals surface area contributed by atoms with Crippen LogP contribution >= 0.6 is 0 Å². The number of hydrogen-bond donors (Lipinski definition) is 1. The Bertz CT molecular complexity index is 529. The molecule has 1 amide bonds. The Morgan fingerprint density at radius 2 is 1.89 bits per heavy atom. The van der Waals surface area contributed by atoms with Crippen LogP contribution in [0.15, 0.2) is 24.3 Å². The highest BCUT2D eigenvalue weighted by Gasteiger charge is 2.15. The summed E-state index contributed by atoms with van der Waals surface area (Å²) >= 11 is 0. The number of benzene rings is 1. The van der Waals surface area contributed by atoms with Crippen molar-refractivity contribution in [3.05, 3.63) is 41.2 Å². The van der Waals surface area contributed by atoms with Gasteiger partial charge in [-0.1, -0.05) is 24.3 Å². The van der Waals surface area contributed by atoms with Crippen LogP contribution in [0.5, 0.6) is 0 Å². The fourth-order valence-electron chi connectivity index (χ4n) is 1.25. The summed E-state index contributed by atoms with van der Waals surface area (Å²) < 4.78 is 4.48. The maximum absolute atomic E-state index is 11.7. The molecule has 0 spiro atoms. The Kier molecular flexibility index (Phi) is 5.23. The van der Waals surface area contributed by atoms with Crippen molar-refractivity contribution in [2.75, 3.05) is 13.2 Å². The van der Waals surface area contributed by atoms with Gasteiger partial charge in [0.05, 0.1) is 19.7 Å². The topological polar surface area (TPSA) is 76.8 Å². The number of amides is 1. The highest BCUT2D eigenvalue weighted by molar-refractivity contribution is 6.32. The van der Waals surface area contributed by atoms with Crippen LogP contribution in [0.1, 0.15) is 17.3 Å². The quantitative estimate of drug-likeness (QED) is 0.380. The Morgan fingerprint density at radius 3 is 2.42 bits per heavy atom. The SMILES string of the molecule is [C-]#[N+]c1ccc(C(=O)CNC(=O)C(=O)OCC)cc1. The Hall–Kier alpha value is -2.68. The summed E-state index contributed by atoms with van der Waals surface area (Å²) in [6.07, 6.45) is 0. The summed E-state index contributed by atoms with van der Waals surface area (Å²) in [6, 6.07) is 6.00. The number of carbonyl (C=O) groups excluding carboxylic acids is 3. The lowest BCUT2D eigenvalue weighted by Crippen LogP contribution is -2.36. The number of hydrogen-bond acceptors (Lipinski definition) is 4. The average Bonchev–Trinajstić information content (AvgIpc) is 2.44. The zero-order chi connectivity index (χ0) is 14.3. The molecule has 1 aromatic carbocycles. The predicted molar refractivity (Wildman–Crippen MR) is 66.7 cm³/mol. The van der Waals surface area contributed by atoms with E-state index in [0.29, 0.717) is 11.3 Å². The molecular weight excluding hydrogens is 248 g/mol. The minimum atomic E-state index is -1.02. The summed E-state index contributed by atoms with van der Waals surface area (Å²) in [5, 5.41) is 2.17. The molecule has 0 saturated heterocycles. The number of esters is 1. The molecule has 6 nitrogen and oxygen atoms in total. The van der Waals surface area contributed by atoms with E-state index in [9.17, 15) is 14.4 Å². The molecule has 0 bridgehead atoms. The molecule has 0 radical (unpaired) electrons. The maximum atomic E-state index is 11.7. The Balaban J connectivity index is 2.53. The van der Waals surface area contributed by atoms with Gasteiger partial charge in [-0.25, -0.2) is 9.64 Å². The van der Waals surface area contributed by atoms with Gasteiger partial charge in [-0.05, 0) is 6.92 Å². The molecule has 98 valence electrons. The number of nitrogens with zero attached hydrogens (tertiary/aromatic N) is 1. The van der Waals surface area contributed by atoms with E-state index in [4.69, 9.17) is 6.57 Å². The number of rotatable bonds is 4. The first-order valence-corrected chi connectivity index (χ1v) is 5.54. The molecule has 1 rings (SSSR count). The fourth-order valence-corrected chi connectivity index (χ4v) is 1.25. The summed E-state index contributed by atoms with van der Waals surface area (Å²) in [7, 11) is 0. The minimum absolute atomic E-state index is 0.0955. The van der Waals surface area contributed by atoms with Gasteiger partial charge in [-0.15, -0.1) is 0 Å². The van der Waals surface area contributed by atoms with Gasteiger partial charge >= 0.3 is 11.9 Å². The monoisotopic (exact) mass is 260 g/mol. The molecule has 0 aliphatic heterocycles. The number of Topliss-reactive ketones (excluding diaryl/α,β-unsaturated/α-hetero) is 1. The fraction of sp³-hybridized carbons (Fsp3) is 0.231. The molecule has 0 fully saturated rings. The molecule has 0 saturated carbocycles. The zero-order valence-electron chi connectivity index (χ0n) is 10.3. The summed E-state index contributed by atoms with van der Waals surface area (Å²) in [4.78, 5) is 37.1. The van der Waals surface area contributed by atoms with Crippen molar-refractivity contribution < 1.29 is 19.1 Å². The normalized spacial score (nSPS) is 9.26. The molecule has 0 aliphatic rings. The first-order chi connectivity index (χ1) is 9.08. The van der Waals surface area contributed by atoms with Gasteiger partial charge in [0.15, 0.2) is 11.5 Å². The molecule has 0 heterocycles. The van der Waals surface area contributed by atoms with Gasteiger partial charge in [-0.3, -0.25) is 9.59 Å². The highest BCUT2D eigenvalue weighted by atomic mass is 16.5. The standard InChI is InChI=1S/C13H12N2O4/c1-3-19-13(18)12(17)15-8-11(16)9-4-6-10(14-2)7-5-9/h4-7H,3,8H2,1H3,(H,15,17). The van der Waals surface area contributed by atoms with Crippen LogP contribution in [0.2, 0.25) is 0 Å². The van der Waals surface area contributed by atoms with Crippen LogP contribution < -0.4 is 5.32 Å². The lowest BCUT2D eigenvalue weighted by Gasteiger charge is -2.04. The van der Waals surface area contributed by atoms with E-state index in [1.807, 2.05) is 0 Å². The van der Waals surface area contributed by atoms with E-state index in [1.54, 1.807) is 6.92 Å². The van der Waals surface area contributed by atoms with E-state index in [1.165, 1.54) is 24.3 Å². The van der Waals surface area contributed by atoms with Crippen molar-refractivity contribution >= 4 is 23.3 Å². The van der Waals surface area contributed by atoms with Crippen LogP contribution in [0.4, 0.5) is 5.69 Å². The molecule has 0 aliphatic carbocycles. The van der Waals surface area contributed by atoms with Crippen LogP contribution in [-0.4, -0.2) is 30.8 Å². The second kappa shape index (κ2) is 6.91. The molecule has 0 aromatic heterocycles. The molecule has 0 atom stereocenters. The first-order valence-electron chi connectivity index (χ1n) is 5.54. The number of carbonyl (C=O) groups is 3. The third-order valence-electron chi connectivity index (χ3n) is 2.19. The van der Waals surface area contributed by atoms with Crippen molar-refractivity contribution in [2.24, 2.45) is 0 Å². The van der Waals surface area contributed by atoms with Crippen LogP contribution in [0.25, 0.3) is 4.85 Å². The molecular formula is C13H12N2O4. The number of ketones is 1. The predicted octanol–water partition coefficient (Wildman–Crippen LogP) is 1.10. The van der Waals surface area contributed by atoms with Crippen molar-refractivity contribution in [1.29, 1.82) is 0 Å². The van der Waals surface area contributed by atoms with Gasteiger partial charge in [0, 0.05) is 5.56 Å². The van der Waals surface area contributed by atoms with Crippen LogP contribution in [-0.2, 0) is 14.3 Å². The van der Waals surface area contributed by atoms with Crippen molar-refractivity contribution in [1.82, 2.24) is 5.32 Å². The summed E-state index contributed by atoms with van der Waals surface area (Å²) in [5.41, 5.74) is 0.781. The molecule has 0 unspecified atom stereocenters. The number of ether oxygens (including phenoxy) is 1. The van der Waals surface area contributed by atoms with E-state index in [-0.39, 0.29) is 18.9 Å². The van der Waals surface area contributed by atoms with Gasteiger partial charge in [0.2, 0.25) is 0 Å². The average molecular weight is 260 g/mol. The van der Waals surface area contributed by atoms with E-state index >= 15 is 0 Å². The van der Waals surface area contributed by atoms with Crippen LogP contribution in [0, 0.1) is 6.57 Å². The minimum Gasteiger partial charge on any atom is -0.459 e. The number of nitrogens with one attached hydrogen (secondary N) is 1. The van der Waals surface area contributed by atoms with Gasteiger partial charge in [0.1, 0.15) is 0 Å². The second-order valence-electron chi connectivity index (χ2n) is 3.49. The van der Waals surface area contributed by atoms with E-state index in [2.05, 4.69) is 14.9 Å². The summed E-state index contributed by atoms with van der Waals surface area (Å²) in [6.45, 7) is 8.15. The van der Waals surface area contributed by atoms with Crippen molar-refractivity contribution in [2.45, 2.75) is 6.92 Å². The van der Waals surface area contributed by atoms with Gasteiger partial charge < -0.3 is 10.1 Å². The van der Waals surface area contributed by atoms with Gasteiger partial charge in [0.25, 0.3) is 0 Å². The maximum Gasteiger partial charge on any atom is 0.396 e. The lowest BCUT2D eigenvalue weighted by molar-refractivity contribution is -0.154.